The van der Waals surface area contributed by atoms with Crippen LogP contribution in [0.5, 0.6) is 5.75 Å². The van der Waals surface area contributed by atoms with E-state index in [9.17, 15) is 0 Å². The molecule has 1 aromatic carbocycles. The van der Waals surface area contributed by atoms with Gasteiger partial charge >= 0.3 is 0 Å². The number of hydrogen-bond acceptors (Lipinski definition) is 1. The van der Waals surface area contributed by atoms with Crippen molar-refractivity contribution in [1.82, 2.24) is 0 Å². The molecule has 62 valence electrons. The van der Waals surface area contributed by atoms with Gasteiger partial charge in [-0.2, -0.15) is 0 Å². The third kappa shape index (κ3) is 1.57. The second-order valence-electron chi connectivity index (χ2n) is 3.22. The molecule has 0 heterocycles. The molecule has 0 spiro atoms. The van der Waals surface area contributed by atoms with Crippen LogP contribution in [0.25, 0.3) is 4.85 Å². The quantitative estimate of drug-likeness (QED) is 0.629. The minimum atomic E-state index is -0.543. The van der Waals surface area contributed by atoms with Crippen molar-refractivity contribution in [2.24, 2.45) is 0 Å². The summed E-state index contributed by atoms with van der Waals surface area (Å²) in [6.07, 6.45) is 0. The summed E-state index contributed by atoms with van der Waals surface area (Å²) in [5.41, 5.74) is 0.302. The van der Waals surface area contributed by atoms with Crippen molar-refractivity contribution in [3.05, 3.63) is 41.2 Å². The zero-order chi connectivity index (χ0) is 9.19. The molecule has 0 aliphatic heterocycles. The molecule has 0 aliphatic carbocycles. The van der Waals surface area contributed by atoms with Gasteiger partial charge in [0.2, 0.25) is 0 Å². The number of phenolic OH excluding ortho intramolecular Hbond substituents is 1. The van der Waals surface area contributed by atoms with Crippen LogP contribution in [0.1, 0.15) is 19.4 Å². The molecule has 12 heavy (non-hydrogen) atoms. The Bertz CT molecular complexity index is 323. The van der Waals surface area contributed by atoms with Gasteiger partial charge in [0.05, 0.1) is 0 Å². The van der Waals surface area contributed by atoms with Crippen LogP contribution in [-0.2, 0) is 5.54 Å². The van der Waals surface area contributed by atoms with Crippen molar-refractivity contribution in [1.29, 1.82) is 0 Å². The Morgan fingerprint density at radius 1 is 1.42 bits per heavy atom. The number of hydrogen-bond donors (Lipinski definition) is 1. The molecule has 0 unspecified atom stereocenters. The SMILES string of the molecule is [C-]#[N+]C(C)(C)c1cccc(O)c1. The number of aromatic hydroxyl groups is 1. The summed E-state index contributed by atoms with van der Waals surface area (Å²) in [4.78, 5) is 3.47. The smallest absolute Gasteiger partial charge is 0.252 e. The van der Waals surface area contributed by atoms with E-state index >= 15 is 0 Å². The second-order valence-corrected chi connectivity index (χ2v) is 3.22. The van der Waals surface area contributed by atoms with Crippen LogP contribution >= 0.6 is 0 Å². The highest BCUT2D eigenvalue weighted by molar-refractivity contribution is 5.33. The van der Waals surface area contributed by atoms with Gasteiger partial charge in [0.1, 0.15) is 5.75 Å². The molecule has 1 rings (SSSR count). The van der Waals surface area contributed by atoms with Crippen molar-refractivity contribution in [2.75, 3.05) is 0 Å². The van der Waals surface area contributed by atoms with Gasteiger partial charge in [0.15, 0.2) is 0 Å². The third-order valence-corrected chi connectivity index (χ3v) is 1.83. The maximum Gasteiger partial charge on any atom is 0.252 e. The number of rotatable bonds is 1. The van der Waals surface area contributed by atoms with E-state index in [1.165, 1.54) is 0 Å². The van der Waals surface area contributed by atoms with Crippen LogP contribution in [0, 0.1) is 6.57 Å². The molecule has 0 aromatic heterocycles. The molecule has 2 nitrogen and oxygen atoms in total. The van der Waals surface area contributed by atoms with Crippen LogP contribution in [0.15, 0.2) is 24.3 Å². The first-order chi connectivity index (χ1) is 5.56. The molecule has 0 atom stereocenters. The van der Waals surface area contributed by atoms with E-state index in [1.807, 2.05) is 19.9 Å². The van der Waals surface area contributed by atoms with Crippen LogP contribution in [0.4, 0.5) is 0 Å². The summed E-state index contributed by atoms with van der Waals surface area (Å²) in [6, 6.07) is 6.82. The molecule has 0 bridgehead atoms. The van der Waals surface area contributed by atoms with Crippen LogP contribution in [0.2, 0.25) is 0 Å². The van der Waals surface area contributed by atoms with Gasteiger partial charge in [-0.25, -0.2) is 6.57 Å². The fourth-order valence-corrected chi connectivity index (χ4v) is 0.951. The van der Waals surface area contributed by atoms with Gasteiger partial charge in [0, 0.05) is 19.4 Å². The first-order valence-electron chi connectivity index (χ1n) is 3.74. The van der Waals surface area contributed by atoms with E-state index in [0.29, 0.717) is 0 Å². The Hall–Kier alpha value is -1.49. The van der Waals surface area contributed by atoms with E-state index in [2.05, 4.69) is 4.85 Å². The highest BCUT2D eigenvalue weighted by Crippen LogP contribution is 2.26. The average molecular weight is 161 g/mol. The number of nitrogens with zero attached hydrogens (tertiary/aromatic N) is 1. The molecule has 0 fully saturated rings. The van der Waals surface area contributed by atoms with Gasteiger partial charge in [0.25, 0.3) is 5.54 Å². The van der Waals surface area contributed by atoms with Gasteiger partial charge < -0.3 is 9.95 Å². The maximum absolute atomic E-state index is 9.17. The highest BCUT2D eigenvalue weighted by Gasteiger charge is 2.25. The predicted molar refractivity (Wildman–Crippen MR) is 47.7 cm³/mol. The van der Waals surface area contributed by atoms with Gasteiger partial charge in [-0.1, -0.05) is 12.1 Å². The molecule has 1 N–H and O–H groups in total. The molecule has 0 saturated heterocycles. The highest BCUT2D eigenvalue weighted by atomic mass is 16.3. The summed E-state index contributed by atoms with van der Waals surface area (Å²) in [7, 11) is 0. The molecular formula is C10H11NO. The molecule has 0 radical (unpaired) electrons. The zero-order valence-corrected chi connectivity index (χ0v) is 7.20. The minimum absolute atomic E-state index is 0.212. The summed E-state index contributed by atoms with van der Waals surface area (Å²) in [6.45, 7) is 10.6. The Balaban J connectivity index is 3.14. The van der Waals surface area contributed by atoms with Crippen molar-refractivity contribution in [3.8, 4) is 5.75 Å². The van der Waals surface area contributed by atoms with Gasteiger partial charge in [-0.05, 0) is 12.1 Å². The lowest BCUT2D eigenvalue weighted by Gasteiger charge is -2.10. The third-order valence-electron chi connectivity index (χ3n) is 1.83. The predicted octanol–water partition coefficient (Wildman–Crippen LogP) is 2.55. The summed E-state index contributed by atoms with van der Waals surface area (Å²) >= 11 is 0. The molecule has 2 heteroatoms. The standard InChI is InChI=1S/C10H11NO/c1-10(2,11-3)8-5-4-6-9(12)7-8/h4-7,12H,1-2H3. The Labute approximate surface area is 72.3 Å². The molecular weight excluding hydrogens is 150 g/mol. The first-order valence-corrected chi connectivity index (χ1v) is 3.74. The molecule has 0 saturated carbocycles. The maximum atomic E-state index is 9.17. The summed E-state index contributed by atoms with van der Waals surface area (Å²) < 4.78 is 0. The summed E-state index contributed by atoms with van der Waals surface area (Å²) in [5, 5.41) is 9.17. The Kier molecular flexibility index (Phi) is 2.05. The van der Waals surface area contributed by atoms with Crippen molar-refractivity contribution >= 4 is 0 Å². The molecule has 1 aromatic rings. The van der Waals surface area contributed by atoms with E-state index in [-0.39, 0.29) is 5.75 Å². The molecule has 0 aliphatic rings. The van der Waals surface area contributed by atoms with E-state index < -0.39 is 5.54 Å². The zero-order valence-electron chi connectivity index (χ0n) is 7.20. The number of benzene rings is 1. The molecule has 0 amide bonds. The van der Waals surface area contributed by atoms with E-state index in [1.54, 1.807) is 18.2 Å². The van der Waals surface area contributed by atoms with Crippen molar-refractivity contribution < 1.29 is 5.11 Å². The van der Waals surface area contributed by atoms with E-state index in [4.69, 9.17) is 11.7 Å². The van der Waals surface area contributed by atoms with Crippen molar-refractivity contribution in [3.63, 3.8) is 0 Å². The number of phenols is 1. The van der Waals surface area contributed by atoms with Crippen LogP contribution in [-0.4, -0.2) is 5.11 Å². The second kappa shape index (κ2) is 2.86. The Morgan fingerprint density at radius 3 is 2.58 bits per heavy atom. The lowest BCUT2D eigenvalue weighted by molar-refractivity contribution is 0.472. The lowest BCUT2D eigenvalue weighted by Crippen LogP contribution is -2.10. The topological polar surface area (TPSA) is 24.6 Å². The lowest BCUT2D eigenvalue weighted by atomic mass is 9.95. The summed E-state index contributed by atoms with van der Waals surface area (Å²) in [5.74, 6) is 0.212. The van der Waals surface area contributed by atoms with Gasteiger partial charge in [-0.15, -0.1) is 0 Å². The minimum Gasteiger partial charge on any atom is -0.508 e. The fraction of sp³-hybridized carbons (Fsp3) is 0.300. The monoisotopic (exact) mass is 161 g/mol. The Morgan fingerprint density at radius 2 is 2.08 bits per heavy atom. The van der Waals surface area contributed by atoms with Crippen LogP contribution in [0.3, 0.4) is 0 Å². The average Bonchev–Trinajstić information content (AvgIpc) is 2.05. The van der Waals surface area contributed by atoms with Gasteiger partial charge in [-0.3, -0.25) is 0 Å². The normalized spacial score (nSPS) is 10.8. The largest absolute Gasteiger partial charge is 0.508 e. The van der Waals surface area contributed by atoms with Crippen molar-refractivity contribution in [2.45, 2.75) is 19.4 Å². The van der Waals surface area contributed by atoms with Crippen LogP contribution < -0.4 is 0 Å². The first kappa shape index (κ1) is 8.61. The fourth-order valence-electron chi connectivity index (χ4n) is 0.951. The van der Waals surface area contributed by atoms with E-state index in [0.717, 1.165) is 5.56 Å².